The van der Waals surface area contributed by atoms with Gasteiger partial charge in [0.25, 0.3) is 0 Å². The summed E-state index contributed by atoms with van der Waals surface area (Å²) < 4.78 is 6.20. The first-order valence-corrected chi connectivity index (χ1v) is 12.6. The van der Waals surface area contributed by atoms with Crippen LogP contribution in [0.25, 0.3) is 5.76 Å². The fourth-order valence-corrected chi connectivity index (χ4v) is 4.27. The number of rotatable bonds is 10. The topological polar surface area (TPSA) is 103 Å². The fourth-order valence-electron chi connectivity index (χ4n) is 4.06. The number of fused-ring (bicyclic) bond motifs is 1. The maximum Gasteiger partial charge on any atom is 0.319 e. The zero-order valence-electron chi connectivity index (χ0n) is 20.3. The minimum atomic E-state index is -0.273. The summed E-state index contributed by atoms with van der Waals surface area (Å²) in [7, 11) is 0. The van der Waals surface area contributed by atoms with Crippen LogP contribution in [-0.2, 0) is 11.2 Å². The molecule has 1 fully saturated rings. The van der Waals surface area contributed by atoms with E-state index in [1.54, 1.807) is 29.2 Å². The lowest BCUT2D eigenvalue weighted by molar-refractivity contribution is -0.126. The third-order valence-corrected chi connectivity index (χ3v) is 6.40. The van der Waals surface area contributed by atoms with Crippen LogP contribution in [0.4, 0.5) is 10.5 Å². The van der Waals surface area contributed by atoms with Crippen LogP contribution in [0.5, 0.6) is 11.5 Å². The second-order valence-electron chi connectivity index (χ2n) is 8.95. The van der Waals surface area contributed by atoms with E-state index in [1.165, 1.54) is 6.08 Å². The molecule has 4 rings (SSSR count). The van der Waals surface area contributed by atoms with Gasteiger partial charge in [-0.1, -0.05) is 25.1 Å². The Morgan fingerprint density at radius 1 is 1.28 bits per heavy atom. The summed E-state index contributed by atoms with van der Waals surface area (Å²) in [5.41, 5.74) is 1.22. The number of halogens is 1. The number of carbonyl (C=O) groups excluding carboxylic acids is 2. The number of hydrogen-bond acceptors (Lipinski definition) is 5. The van der Waals surface area contributed by atoms with Crippen LogP contribution in [0.1, 0.15) is 38.2 Å². The van der Waals surface area contributed by atoms with Gasteiger partial charge in [-0.2, -0.15) is 0 Å². The number of urea groups is 1. The summed E-state index contributed by atoms with van der Waals surface area (Å²) >= 11 is 6.40. The molecule has 0 bridgehead atoms. The van der Waals surface area contributed by atoms with Crippen molar-refractivity contribution in [3.8, 4) is 11.5 Å². The standard InChI is InChI=1S/C27H31ClN4O4/c1-3-12-32(26(34)4-2)13-10-17-14-20-23(16-24(17)33)29-11-9-25(20)36-19-7-8-22(21(28)15-19)31-27(35)30-18-5-6-18/h4,7-8,14-16,18,33H,2-3,5-6,9-13H2,1H3,(H2,30,31,35). The Kier molecular flexibility index (Phi) is 8.15. The van der Waals surface area contributed by atoms with Crippen LogP contribution in [-0.4, -0.2) is 47.6 Å². The van der Waals surface area contributed by atoms with E-state index in [9.17, 15) is 14.7 Å². The average molecular weight is 511 g/mol. The number of benzene rings is 2. The first kappa shape index (κ1) is 25.6. The molecule has 36 heavy (non-hydrogen) atoms. The molecule has 0 atom stereocenters. The van der Waals surface area contributed by atoms with Gasteiger partial charge in [0.15, 0.2) is 0 Å². The summed E-state index contributed by atoms with van der Waals surface area (Å²) in [5.74, 6) is 1.28. The molecular formula is C27H31ClN4O4. The van der Waals surface area contributed by atoms with Crippen molar-refractivity contribution in [3.63, 3.8) is 0 Å². The summed E-state index contributed by atoms with van der Waals surface area (Å²) in [6, 6.07) is 8.63. The second kappa shape index (κ2) is 11.5. The van der Waals surface area contributed by atoms with Gasteiger partial charge in [-0.3, -0.25) is 9.79 Å². The largest absolute Gasteiger partial charge is 0.508 e. The molecule has 2 aliphatic rings. The number of hydrogen-bond donors (Lipinski definition) is 3. The van der Waals surface area contributed by atoms with E-state index in [1.807, 2.05) is 13.0 Å². The molecule has 8 nitrogen and oxygen atoms in total. The molecule has 0 unspecified atom stereocenters. The number of anilines is 1. The van der Waals surface area contributed by atoms with Crippen LogP contribution in [0, 0.1) is 0 Å². The van der Waals surface area contributed by atoms with Crippen molar-refractivity contribution in [1.29, 1.82) is 0 Å². The smallest absolute Gasteiger partial charge is 0.319 e. The van der Waals surface area contributed by atoms with Crippen LogP contribution < -0.4 is 25.9 Å². The highest BCUT2D eigenvalue weighted by Crippen LogP contribution is 2.29. The van der Waals surface area contributed by atoms with Crippen molar-refractivity contribution in [1.82, 2.24) is 10.2 Å². The number of nitrogens with one attached hydrogen (secondary N) is 2. The molecule has 190 valence electrons. The van der Waals surface area contributed by atoms with Gasteiger partial charge in [0.2, 0.25) is 5.91 Å². The number of phenolic OH excluding ortho intramolecular Hbond substituents is 1. The molecule has 0 radical (unpaired) electrons. The molecule has 9 heteroatoms. The van der Waals surface area contributed by atoms with E-state index in [4.69, 9.17) is 16.3 Å². The van der Waals surface area contributed by atoms with E-state index in [0.29, 0.717) is 59.9 Å². The Balaban J connectivity index is 1.54. The highest BCUT2D eigenvalue weighted by Gasteiger charge is 2.23. The van der Waals surface area contributed by atoms with Gasteiger partial charge in [-0.15, -0.1) is 0 Å². The van der Waals surface area contributed by atoms with Gasteiger partial charge in [0, 0.05) is 49.4 Å². The average Bonchev–Trinajstić information content (AvgIpc) is 3.67. The molecule has 3 N–H and O–H groups in total. The van der Waals surface area contributed by atoms with Crippen molar-refractivity contribution in [3.05, 3.63) is 64.1 Å². The molecule has 1 saturated carbocycles. The van der Waals surface area contributed by atoms with Crippen LogP contribution in [0.15, 0.2) is 48.0 Å². The Bertz CT molecular complexity index is 1290. The quantitative estimate of drug-likeness (QED) is 0.425. The zero-order chi connectivity index (χ0) is 25.7. The molecule has 3 amide bonds. The number of phenols is 1. The third-order valence-electron chi connectivity index (χ3n) is 6.09. The highest BCUT2D eigenvalue weighted by atomic mass is 35.5. The van der Waals surface area contributed by atoms with E-state index in [2.05, 4.69) is 22.2 Å². The van der Waals surface area contributed by atoms with Crippen LogP contribution >= 0.6 is 11.6 Å². The van der Waals surface area contributed by atoms with Gasteiger partial charge in [0.05, 0.1) is 16.1 Å². The lowest BCUT2D eigenvalue weighted by atomic mass is 10.1. The maximum atomic E-state index is 12.1. The maximum absolute atomic E-state index is 12.1. The van der Waals surface area contributed by atoms with E-state index < -0.39 is 0 Å². The molecule has 2 aromatic rings. The first-order valence-electron chi connectivity index (χ1n) is 12.2. The van der Waals surface area contributed by atoms with Crippen molar-refractivity contribution < 1.29 is 19.4 Å². The van der Waals surface area contributed by atoms with Gasteiger partial charge in [-0.05, 0) is 55.5 Å². The number of amides is 3. The summed E-state index contributed by atoms with van der Waals surface area (Å²) in [4.78, 5) is 30.4. The first-order chi connectivity index (χ1) is 17.4. The molecule has 1 aliphatic carbocycles. The minimum Gasteiger partial charge on any atom is -0.508 e. The molecule has 0 spiro atoms. The zero-order valence-corrected chi connectivity index (χ0v) is 21.1. The summed E-state index contributed by atoms with van der Waals surface area (Å²) in [6.07, 6.45) is 5.24. The molecule has 1 aliphatic heterocycles. The highest BCUT2D eigenvalue weighted by molar-refractivity contribution is 6.33. The monoisotopic (exact) mass is 510 g/mol. The summed E-state index contributed by atoms with van der Waals surface area (Å²) in [5, 5.41) is 18.0. The molecule has 0 saturated heterocycles. The lowest BCUT2D eigenvalue weighted by Crippen LogP contribution is -2.35. The van der Waals surface area contributed by atoms with Crippen LogP contribution in [0.3, 0.4) is 0 Å². The van der Waals surface area contributed by atoms with Gasteiger partial charge in [0.1, 0.15) is 17.3 Å². The van der Waals surface area contributed by atoms with Crippen molar-refractivity contribution in [2.75, 3.05) is 25.0 Å². The Morgan fingerprint density at radius 2 is 2.08 bits per heavy atom. The van der Waals surface area contributed by atoms with Crippen molar-refractivity contribution in [2.24, 2.45) is 4.99 Å². The van der Waals surface area contributed by atoms with Crippen molar-refractivity contribution >= 4 is 35.0 Å². The minimum absolute atomic E-state index is 0.125. The van der Waals surface area contributed by atoms with E-state index in [-0.39, 0.29) is 23.7 Å². The molecule has 1 heterocycles. The molecule has 0 aromatic heterocycles. The molecular weight excluding hydrogens is 480 g/mol. The Morgan fingerprint density at radius 3 is 2.78 bits per heavy atom. The number of aromatic hydroxyl groups is 1. The summed E-state index contributed by atoms with van der Waals surface area (Å²) in [6.45, 7) is 7.22. The number of nitrogens with zero attached hydrogens (tertiary/aromatic N) is 2. The van der Waals surface area contributed by atoms with Gasteiger partial charge >= 0.3 is 6.03 Å². The normalized spacial score (nSPS) is 14.3. The lowest BCUT2D eigenvalue weighted by Gasteiger charge is -2.21. The number of carbonyl (C=O) groups is 2. The van der Waals surface area contributed by atoms with Gasteiger partial charge < -0.3 is 25.4 Å². The van der Waals surface area contributed by atoms with Gasteiger partial charge in [-0.25, -0.2) is 4.79 Å². The fraction of sp³-hybridized carbons (Fsp3) is 0.370. The SMILES string of the molecule is C=CC(=O)N(CCC)CCc1cc2c(cc1O)=NCCC=2Oc1ccc(NC(=O)NC2CC2)c(Cl)c1. The second-order valence-corrected chi connectivity index (χ2v) is 9.36. The van der Waals surface area contributed by atoms with E-state index in [0.717, 1.165) is 30.2 Å². The predicted molar refractivity (Wildman–Crippen MR) is 140 cm³/mol. The Labute approximate surface area is 215 Å². The number of ether oxygens (including phenoxy) is 1. The Hall–Kier alpha value is -3.52. The predicted octanol–water partition coefficient (Wildman–Crippen LogP) is 3.51. The van der Waals surface area contributed by atoms with E-state index >= 15 is 0 Å². The third kappa shape index (κ3) is 6.37. The van der Waals surface area contributed by atoms with Crippen LogP contribution in [0.2, 0.25) is 5.02 Å². The molecule has 2 aromatic carbocycles. The van der Waals surface area contributed by atoms with Crippen molar-refractivity contribution in [2.45, 2.75) is 45.1 Å².